The van der Waals surface area contributed by atoms with Gasteiger partial charge in [-0.25, -0.2) is 4.79 Å². The van der Waals surface area contributed by atoms with E-state index in [2.05, 4.69) is 4.74 Å². The van der Waals surface area contributed by atoms with E-state index in [9.17, 15) is 4.79 Å². The Kier molecular flexibility index (Phi) is 3.69. The Bertz CT molecular complexity index is 395. The van der Waals surface area contributed by atoms with Crippen LogP contribution in [0.2, 0.25) is 0 Å². The molecule has 4 nitrogen and oxygen atoms in total. The molecule has 1 aromatic rings. The van der Waals surface area contributed by atoms with Crippen LogP contribution in [0.15, 0.2) is 24.3 Å². The van der Waals surface area contributed by atoms with E-state index >= 15 is 0 Å². The average Bonchev–Trinajstić information content (AvgIpc) is 2.28. The van der Waals surface area contributed by atoms with Crippen LogP contribution in [-0.2, 0) is 9.53 Å². The Morgan fingerprint density at radius 3 is 2.73 bits per heavy atom. The van der Waals surface area contributed by atoms with Crippen molar-refractivity contribution in [3.05, 3.63) is 29.8 Å². The second kappa shape index (κ2) is 5.01. The molecule has 0 amide bonds. The minimum Gasteiger partial charge on any atom is -0.478 e. The van der Waals surface area contributed by atoms with Crippen molar-refractivity contribution < 1.29 is 14.3 Å². The summed E-state index contributed by atoms with van der Waals surface area (Å²) in [6.07, 6.45) is -0.718. The van der Waals surface area contributed by atoms with Gasteiger partial charge in [-0.3, -0.25) is 0 Å². The summed E-state index contributed by atoms with van der Waals surface area (Å²) < 4.78 is 9.80. The number of nitriles is 1. The fourth-order valence-electron chi connectivity index (χ4n) is 1.07. The minimum absolute atomic E-state index is 0.387. The van der Waals surface area contributed by atoms with Gasteiger partial charge >= 0.3 is 5.97 Å². The fourth-order valence-corrected chi connectivity index (χ4v) is 1.07. The highest BCUT2D eigenvalue weighted by Crippen LogP contribution is 2.18. The molecule has 0 saturated heterocycles. The predicted octanol–water partition coefficient (Wildman–Crippen LogP) is 1.50. The molecule has 78 valence electrons. The summed E-state index contributed by atoms with van der Waals surface area (Å²) in [5.41, 5.74) is 0.397. The second-order valence-electron chi connectivity index (χ2n) is 2.89. The number of hydrogen-bond acceptors (Lipinski definition) is 4. The molecule has 0 bridgehead atoms. The van der Waals surface area contributed by atoms with E-state index in [4.69, 9.17) is 10.00 Å². The first-order valence-corrected chi connectivity index (χ1v) is 4.42. The van der Waals surface area contributed by atoms with Crippen LogP contribution in [0.25, 0.3) is 0 Å². The van der Waals surface area contributed by atoms with Crippen molar-refractivity contribution in [2.75, 3.05) is 7.11 Å². The molecule has 0 heterocycles. The van der Waals surface area contributed by atoms with Gasteiger partial charge in [0.1, 0.15) is 11.8 Å². The zero-order valence-corrected chi connectivity index (χ0v) is 8.56. The highest BCUT2D eigenvalue weighted by atomic mass is 16.6. The van der Waals surface area contributed by atoms with E-state index in [1.54, 1.807) is 31.2 Å². The Morgan fingerprint density at radius 1 is 1.47 bits per heavy atom. The van der Waals surface area contributed by atoms with Crippen LogP contribution in [-0.4, -0.2) is 19.2 Å². The molecule has 1 atom stereocenters. The molecule has 1 aromatic carbocycles. The van der Waals surface area contributed by atoms with Gasteiger partial charge in [0.15, 0.2) is 6.10 Å². The van der Waals surface area contributed by atoms with E-state index < -0.39 is 12.1 Å². The SMILES string of the molecule is COC(=O)[C@@H](C)Oc1ccccc1C#N. The maximum absolute atomic E-state index is 11.1. The highest BCUT2D eigenvalue weighted by molar-refractivity contribution is 5.74. The monoisotopic (exact) mass is 205 g/mol. The lowest BCUT2D eigenvalue weighted by Gasteiger charge is -2.12. The maximum Gasteiger partial charge on any atom is 0.346 e. The van der Waals surface area contributed by atoms with E-state index in [0.29, 0.717) is 11.3 Å². The van der Waals surface area contributed by atoms with Gasteiger partial charge in [0.2, 0.25) is 0 Å². The molecular weight excluding hydrogens is 194 g/mol. The van der Waals surface area contributed by atoms with Crippen LogP contribution >= 0.6 is 0 Å². The summed E-state index contributed by atoms with van der Waals surface area (Å²) in [6.45, 7) is 1.57. The lowest BCUT2D eigenvalue weighted by Crippen LogP contribution is -2.25. The van der Waals surface area contributed by atoms with Gasteiger partial charge in [-0.2, -0.15) is 5.26 Å². The van der Waals surface area contributed by atoms with Gasteiger partial charge in [0, 0.05) is 0 Å². The molecule has 4 heteroatoms. The number of ether oxygens (including phenoxy) is 2. The molecule has 0 aromatic heterocycles. The molecule has 0 aliphatic rings. The van der Waals surface area contributed by atoms with E-state index in [1.165, 1.54) is 7.11 Å². The molecule has 0 saturated carbocycles. The lowest BCUT2D eigenvalue weighted by atomic mass is 10.2. The number of carbonyl (C=O) groups excluding carboxylic acids is 1. The lowest BCUT2D eigenvalue weighted by molar-refractivity contribution is -0.147. The van der Waals surface area contributed by atoms with Crippen LogP contribution in [0, 0.1) is 11.3 Å². The number of rotatable bonds is 3. The van der Waals surface area contributed by atoms with Gasteiger partial charge < -0.3 is 9.47 Å². The normalized spacial score (nSPS) is 11.3. The van der Waals surface area contributed by atoms with Crippen molar-refractivity contribution in [1.29, 1.82) is 5.26 Å². The topological polar surface area (TPSA) is 59.3 Å². The van der Waals surface area contributed by atoms with Crippen molar-refractivity contribution in [3.63, 3.8) is 0 Å². The van der Waals surface area contributed by atoms with E-state index in [1.807, 2.05) is 6.07 Å². The van der Waals surface area contributed by atoms with Crippen LogP contribution < -0.4 is 4.74 Å². The van der Waals surface area contributed by atoms with Gasteiger partial charge in [-0.15, -0.1) is 0 Å². The number of carbonyl (C=O) groups is 1. The number of methoxy groups -OCH3 is 1. The molecular formula is C11H11NO3. The zero-order valence-electron chi connectivity index (χ0n) is 8.56. The summed E-state index contributed by atoms with van der Waals surface area (Å²) in [5, 5.41) is 8.78. The first-order chi connectivity index (χ1) is 7.19. The molecule has 0 aliphatic carbocycles. The molecule has 0 aliphatic heterocycles. The summed E-state index contributed by atoms with van der Waals surface area (Å²) in [7, 11) is 1.29. The smallest absolute Gasteiger partial charge is 0.346 e. The summed E-state index contributed by atoms with van der Waals surface area (Å²) in [4.78, 5) is 11.1. The summed E-state index contributed by atoms with van der Waals surface area (Å²) >= 11 is 0. The minimum atomic E-state index is -0.718. The van der Waals surface area contributed by atoms with Gasteiger partial charge in [0.05, 0.1) is 12.7 Å². The van der Waals surface area contributed by atoms with Gasteiger partial charge in [-0.05, 0) is 19.1 Å². The second-order valence-corrected chi connectivity index (χ2v) is 2.89. The first-order valence-electron chi connectivity index (χ1n) is 4.42. The molecule has 0 N–H and O–H groups in total. The number of para-hydroxylation sites is 1. The number of esters is 1. The van der Waals surface area contributed by atoms with Crippen molar-refractivity contribution in [3.8, 4) is 11.8 Å². The Labute approximate surface area is 88.0 Å². The highest BCUT2D eigenvalue weighted by Gasteiger charge is 2.16. The first kappa shape index (κ1) is 11.1. The number of nitrogens with zero attached hydrogens (tertiary/aromatic N) is 1. The largest absolute Gasteiger partial charge is 0.478 e. The van der Waals surface area contributed by atoms with Gasteiger partial charge in [-0.1, -0.05) is 12.1 Å². The van der Waals surface area contributed by atoms with Crippen LogP contribution in [0.3, 0.4) is 0 Å². The molecule has 0 spiro atoms. The summed E-state index contributed by atoms with van der Waals surface area (Å²) in [6, 6.07) is 8.71. The van der Waals surface area contributed by atoms with E-state index in [0.717, 1.165) is 0 Å². The standard InChI is InChI=1S/C11H11NO3/c1-8(11(13)14-2)15-10-6-4-3-5-9(10)7-12/h3-6,8H,1-2H3/t8-/m1/s1. The molecule has 1 rings (SSSR count). The van der Waals surface area contributed by atoms with Crippen LogP contribution in [0.1, 0.15) is 12.5 Å². The summed E-state index contributed by atoms with van der Waals surface area (Å²) in [5.74, 6) is -0.0827. The van der Waals surface area contributed by atoms with Crippen molar-refractivity contribution in [2.24, 2.45) is 0 Å². The average molecular weight is 205 g/mol. The van der Waals surface area contributed by atoms with E-state index in [-0.39, 0.29) is 0 Å². The number of benzene rings is 1. The van der Waals surface area contributed by atoms with Crippen molar-refractivity contribution in [1.82, 2.24) is 0 Å². The van der Waals surface area contributed by atoms with Crippen molar-refractivity contribution >= 4 is 5.97 Å². The Morgan fingerprint density at radius 2 is 2.13 bits per heavy atom. The van der Waals surface area contributed by atoms with Crippen LogP contribution in [0.4, 0.5) is 0 Å². The number of hydrogen-bond donors (Lipinski definition) is 0. The molecule has 0 fully saturated rings. The quantitative estimate of drug-likeness (QED) is 0.701. The third-order valence-electron chi connectivity index (χ3n) is 1.84. The molecule has 0 unspecified atom stereocenters. The molecule has 0 radical (unpaired) electrons. The maximum atomic E-state index is 11.1. The van der Waals surface area contributed by atoms with Crippen molar-refractivity contribution in [2.45, 2.75) is 13.0 Å². The Balaban J connectivity index is 2.81. The zero-order chi connectivity index (χ0) is 11.3. The molecule has 15 heavy (non-hydrogen) atoms. The van der Waals surface area contributed by atoms with Gasteiger partial charge in [0.25, 0.3) is 0 Å². The third kappa shape index (κ3) is 2.71. The third-order valence-corrected chi connectivity index (χ3v) is 1.84. The fraction of sp³-hybridized carbons (Fsp3) is 0.273. The Hall–Kier alpha value is -2.02. The van der Waals surface area contributed by atoms with Crippen LogP contribution in [0.5, 0.6) is 5.75 Å². The predicted molar refractivity (Wildman–Crippen MR) is 53.3 cm³/mol.